The number of fused-ring (bicyclic) bond motifs is 1. The van der Waals surface area contributed by atoms with Gasteiger partial charge in [-0.1, -0.05) is 38.0 Å². The molecule has 3 atom stereocenters. The highest BCUT2D eigenvalue weighted by Crippen LogP contribution is 2.36. The van der Waals surface area contributed by atoms with Gasteiger partial charge in [0.25, 0.3) is 0 Å². The Kier molecular flexibility index (Phi) is 3.95. The molecule has 0 spiro atoms. The van der Waals surface area contributed by atoms with E-state index in [2.05, 4.69) is 48.3 Å². The molecule has 0 bridgehead atoms. The van der Waals surface area contributed by atoms with E-state index in [1.54, 1.807) is 5.56 Å². The average molecular weight is 261 g/mol. The lowest BCUT2D eigenvalue weighted by molar-refractivity contribution is 0.302. The zero-order chi connectivity index (χ0) is 12.4. The van der Waals surface area contributed by atoms with Crippen LogP contribution in [-0.4, -0.2) is 17.8 Å². The van der Waals surface area contributed by atoms with Gasteiger partial charge in [-0.3, -0.25) is 0 Å². The van der Waals surface area contributed by atoms with Gasteiger partial charge in [-0.05, 0) is 36.8 Å². The SMILES string of the molecule is CC1CCCC(NCC2Cc3ccccc3S2)C1. The third-order valence-electron chi connectivity index (χ3n) is 4.28. The first-order valence-electron chi connectivity index (χ1n) is 7.29. The minimum absolute atomic E-state index is 0.750. The fraction of sp³-hybridized carbons (Fsp3) is 0.625. The van der Waals surface area contributed by atoms with Crippen molar-refractivity contribution in [3.05, 3.63) is 29.8 Å². The van der Waals surface area contributed by atoms with Gasteiger partial charge < -0.3 is 5.32 Å². The molecule has 1 heterocycles. The van der Waals surface area contributed by atoms with Crippen molar-refractivity contribution in [2.75, 3.05) is 6.54 Å². The second kappa shape index (κ2) is 5.66. The normalized spacial score (nSPS) is 31.3. The molecular formula is C16H23NS. The van der Waals surface area contributed by atoms with Crippen molar-refractivity contribution < 1.29 is 0 Å². The molecule has 98 valence electrons. The van der Waals surface area contributed by atoms with Crippen molar-refractivity contribution in [1.82, 2.24) is 5.32 Å². The summed E-state index contributed by atoms with van der Waals surface area (Å²) in [6.07, 6.45) is 6.85. The lowest BCUT2D eigenvalue weighted by Gasteiger charge is -2.28. The van der Waals surface area contributed by atoms with E-state index in [0.29, 0.717) is 0 Å². The Morgan fingerprint density at radius 2 is 2.17 bits per heavy atom. The van der Waals surface area contributed by atoms with Crippen molar-refractivity contribution in [2.45, 2.75) is 55.2 Å². The molecule has 1 N–H and O–H groups in total. The highest BCUT2D eigenvalue weighted by Gasteiger charge is 2.24. The molecule has 0 radical (unpaired) electrons. The zero-order valence-electron chi connectivity index (χ0n) is 11.2. The third kappa shape index (κ3) is 2.92. The second-order valence-electron chi connectivity index (χ2n) is 5.93. The Morgan fingerprint density at radius 3 is 3.00 bits per heavy atom. The maximum atomic E-state index is 3.81. The molecule has 1 fully saturated rings. The van der Waals surface area contributed by atoms with Crippen LogP contribution >= 0.6 is 11.8 Å². The average Bonchev–Trinajstić information content (AvgIpc) is 2.79. The predicted molar refractivity (Wildman–Crippen MR) is 79.2 cm³/mol. The van der Waals surface area contributed by atoms with E-state index < -0.39 is 0 Å². The van der Waals surface area contributed by atoms with E-state index in [1.807, 2.05) is 0 Å². The molecule has 1 nitrogen and oxygen atoms in total. The van der Waals surface area contributed by atoms with Crippen LogP contribution in [0.4, 0.5) is 0 Å². The van der Waals surface area contributed by atoms with Gasteiger partial charge in [0.2, 0.25) is 0 Å². The summed E-state index contributed by atoms with van der Waals surface area (Å²) < 4.78 is 0. The van der Waals surface area contributed by atoms with Gasteiger partial charge >= 0.3 is 0 Å². The van der Waals surface area contributed by atoms with Crippen LogP contribution in [0.15, 0.2) is 29.2 Å². The van der Waals surface area contributed by atoms with Crippen molar-refractivity contribution in [3.8, 4) is 0 Å². The van der Waals surface area contributed by atoms with E-state index in [0.717, 1.165) is 17.2 Å². The van der Waals surface area contributed by atoms with Crippen LogP contribution < -0.4 is 5.32 Å². The summed E-state index contributed by atoms with van der Waals surface area (Å²) in [6.45, 7) is 3.57. The summed E-state index contributed by atoms with van der Waals surface area (Å²) in [5.74, 6) is 0.921. The minimum Gasteiger partial charge on any atom is -0.313 e. The van der Waals surface area contributed by atoms with Gasteiger partial charge in [0.15, 0.2) is 0 Å². The van der Waals surface area contributed by atoms with Gasteiger partial charge in [0, 0.05) is 22.7 Å². The van der Waals surface area contributed by atoms with Crippen molar-refractivity contribution in [1.29, 1.82) is 0 Å². The van der Waals surface area contributed by atoms with Gasteiger partial charge in [-0.15, -0.1) is 11.8 Å². The molecule has 3 unspecified atom stereocenters. The molecule has 18 heavy (non-hydrogen) atoms. The summed E-state index contributed by atoms with van der Waals surface area (Å²) in [6, 6.07) is 9.65. The largest absolute Gasteiger partial charge is 0.313 e. The smallest absolute Gasteiger partial charge is 0.0260 e. The summed E-state index contributed by atoms with van der Waals surface area (Å²) in [5, 5.41) is 4.56. The second-order valence-corrected chi connectivity index (χ2v) is 7.27. The number of hydrogen-bond donors (Lipinski definition) is 1. The summed E-state index contributed by atoms with van der Waals surface area (Å²) >= 11 is 2.06. The summed E-state index contributed by atoms with van der Waals surface area (Å²) in [7, 11) is 0. The van der Waals surface area contributed by atoms with Crippen molar-refractivity contribution in [3.63, 3.8) is 0 Å². The fourth-order valence-corrected chi connectivity index (χ4v) is 4.55. The Hall–Kier alpha value is -0.470. The van der Waals surface area contributed by atoms with Gasteiger partial charge in [-0.2, -0.15) is 0 Å². The molecule has 2 aliphatic rings. The first-order chi connectivity index (χ1) is 8.81. The number of nitrogens with one attached hydrogen (secondary N) is 1. The summed E-state index contributed by atoms with van der Waals surface area (Å²) in [5.41, 5.74) is 1.55. The van der Waals surface area contributed by atoms with E-state index in [9.17, 15) is 0 Å². The first-order valence-corrected chi connectivity index (χ1v) is 8.17. The van der Waals surface area contributed by atoms with E-state index in [4.69, 9.17) is 0 Å². The summed E-state index contributed by atoms with van der Waals surface area (Å²) in [4.78, 5) is 1.50. The maximum absolute atomic E-state index is 3.81. The molecule has 3 rings (SSSR count). The van der Waals surface area contributed by atoms with Crippen molar-refractivity contribution >= 4 is 11.8 Å². The molecule has 0 aromatic heterocycles. The topological polar surface area (TPSA) is 12.0 Å². The van der Waals surface area contributed by atoms with Gasteiger partial charge in [-0.25, -0.2) is 0 Å². The van der Waals surface area contributed by atoms with Crippen LogP contribution in [0.5, 0.6) is 0 Å². The fourth-order valence-electron chi connectivity index (χ4n) is 3.29. The Balaban J connectivity index is 1.48. The van der Waals surface area contributed by atoms with Crippen LogP contribution in [0.25, 0.3) is 0 Å². The lowest BCUT2D eigenvalue weighted by atomic mass is 9.87. The molecule has 0 amide bonds. The van der Waals surface area contributed by atoms with Crippen LogP contribution in [-0.2, 0) is 6.42 Å². The Labute approximate surface area is 115 Å². The Morgan fingerprint density at radius 1 is 1.28 bits per heavy atom. The molecule has 2 heteroatoms. The number of benzene rings is 1. The van der Waals surface area contributed by atoms with Crippen LogP contribution in [0, 0.1) is 5.92 Å². The molecule has 0 saturated heterocycles. The van der Waals surface area contributed by atoms with Crippen LogP contribution in [0.1, 0.15) is 38.2 Å². The van der Waals surface area contributed by atoms with Gasteiger partial charge in [0.1, 0.15) is 0 Å². The molecule has 1 aliphatic carbocycles. The highest BCUT2D eigenvalue weighted by atomic mass is 32.2. The molecule has 1 aliphatic heterocycles. The molecule has 1 saturated carbocycles. The molecule has 1 aromatic carbocycles. The highest BCUT2D eigenvalue weighted by molar-refractivity contribution is 8.00. The van der Waals surface area contributed by atoms with E-state index in [1.165, 1.54) is 43.5 Å². The Bertz CT molecular complexity index is 379. The number of thioether (sulfide) groups is 1. The monoisotopic (exact) mass is 261 g/mol. The van der Waals surface area contributed by atoms with Crippen LogP contribution in [0.2, 0.25) is 0 Å². The van der Waals surface area contributed by atoms with E-state index >= 15 is 0 Å². The number of hydrogen-bond acceptors (Lipinski definition) is 2. The molecule has 1 aromatic rings. The predicted octanol–water partition coefficient (Wildman–Crippen LogP) is 3.87. The first kappa shape index (κ1) is 12.6. The van der Waals surface area contributed by atoms with E-state index in [-0.39, 0.29) is 0 Å². The minimum atomic E-state index is 0.750. The zero-order valence-corrected chi connectivity index (χ0v) is 12.0. The number of rotatable bonds is 3. The standard InChI is InChI=1S/C16H23NS/c1-12-5-4-7-14(9-12)17-11-15-10-13-6-2-3-8-16(13)18-15/h2-3,6,8,12,14-15,17H,4-5,7,9-11H2,1H3. The van der Waals surface area contributed by atoms with Crippen molar-refractivity contribution in [2.24, 2.45) is 5.92 Å². The lowest BCUT2D eigenvalue weighted by Crippen LogP contribution is -2.37. The maximum Gasteiger partial charge on any atom is 0.0260 e. The third-order valence-corrected chi connectivity index (χ3v) is 5.60. The molecular weight excluding hydrogens is 238 g/mol. The van der Waals surface area contributed by atoms with Gasteiger partial charge in [0.05, 0.1) is 0 Å². The van der Waals surface area contributed by atoms with Crippen LogP contribution in [0.3, 0.4) is 0 Å². The quantitative estimate of drug-likeness (QED) is 0.886.